The average molecular weight is 371 g/mol. The first-order valence-electron chi connectivity index (χ1n) is 8.68. The zero-order valence-corrected chi connectivity index (χ0v) is 14.6. The number of nitrogens with zero attached hydrogens (tertiary/aromatic N) is 4. The Labute approximate surface area is 159 Å². The highest BCUT2D eigenvalue weighted by atomic mass is 19.1. The van der Waals surface area contributed by atoms with Gasteiger partial charge in [0.2, 0.25) is 5.89 Å². The van der Waals surface area contributed by atoms with Crippen LogP contribution in [0.15, 0.2) is 65.4 Å². The zero-order valence-electron chi connectivity index (χ0n) is 14.6. The predicted molar refractivity (Wildman–Crippen MR) is 102 cm³/mol. The molecular formula is C21H14FN5O. The van der Waals surface area contributed by atoms with Gasteiger partial charge in [-0.05, 0) is 41.8 Å². The summed E-state index contributed by atoms with van der Waals surface area (Å²) >= 11 is 0. The van der Waals surface area contributed by atoms with E-state index in [0.717, 1.165) is 28.8 Å². The van der Waals surface area contributed by atoms with Gasteiger partial charge in [0.05, 0.1) is 23.8 Å². The number of anilines is 1. The van der Waals surface area contributed by atoms with Gasteiger partial charge < -0.3 is 10.2 Å². The number of nitrogen functional groups attached to an aromatic ring is 1. The first kappa shape index (κ1) is 16.3. The Morgan fingerprint density at radius 2 is 1.86 bits per heavy atom. The molecule has 0 aliphatic heterocycles. The molecule has 2 N–H and O–H groups in total. The lowest BCUT2D eigenvalue weighted by Crippen LogP contribution is -1.95. The lowest BCUT2D eigenvalue weighted by molar-refractivity contribution is 0.590. The van der Waals surface area contributed by atoms with Gasteiger partial charge in [-0.1, -0.05) is 29.4 Å². The molecule has 0 fully saturated rings. The molecule has 0 spiro atoms. The van der Waals surface area contributed by atoms with Gasteiger partial charge in [0.25, 0.3) is 0 Å². The van der Waals surface area contributed by atoms with E-state index in [1.165, 1.54) is 17.7 Å². The maximum atomic E-state index is 13.6. The maximum Gasteiger partial charge on any atom is 0.313 e. The molecule has 1 aliphatic carbocycles. The van der Waals surface area contributed by atoms with Crippen molar-refractivity contribution in [1.82, 2.24) is 20.2 Å². The van der Waals surface area contributed by atoms with Crippen molar-refractivity contribution in [3.63, 3.8) is 0 Å². The Hall–Kier alpha value is -3.87. The van der Waals surface area contributed by atoms with Crippen molar-refractivity contribution in [3.05, 3.63) is 83.6 Å². The highest BCUT2D eigenvalue weighted by Gasteiger charge is 2.19. The van der Waals surface area contributed by atoms with Gasteiger partial charge in [-0.15, -0.1) is 5.10 Å². The third kappa shape index (κ3) is 2.83. The van der Waals surface area contributed by atoms with E-state index in [4.69, 9.17) is 15.1 Å². The van der Waals surface area contributed by atoms with Crippen LogP contribution < -0.4 is 5.73 Å². The van der Waals surface area contributed by atoms with E-state index in [-0.39, 0.29) is 11.8 Å². The number of aromatic nitrogens is 4. The summed E-state index contributed by atoms with van der Waals surface area (Å²) in [5.74, 6) is 0.0600. The Morgan fingerprint density at radius 1 is 0.964 bits per heavy atom. The van der Waals surface area contributed by atoms with E-state index in [2.05, 4.69) is 21.3 Å². The van der Waals surface area contributed by atoms with Crippen molar-refractivity contribution in [2.45, 2.75) is 6.42 Å². The van der Waals surface area contributed by atoms with Crippen LogP contribution in [0.25, 0.3) is 28.3 Å². The Bertz CT molecular complexity index is 1230. The van der Waals surface area contributed by atoms with E-state index in [1.807, 2.05) is 24.3 Å². The summed E-state index contributed by atoms with van der Waals surface area (Å²) in [6.07, 6.45) is 6.24. The monoisotopic (exact) mass is 371 g/mol. The highest BCUT2D eigenvalue weighted by molar-refractivity contribution is 5.85. The van der Waals surface area contributed by atoms with E-state index in [9.17, 15) is 4.39 Å². The number of rotatable bonds is 3. The normalized spacial score (nSPS) is 12.7. The third-order valence-electron chi connectivity index (χ3n) is 4.64. The first-order chi connectivity index (χ1) is 13.7. The molecule has 2 aromatic carbocycles. The fourth-order valence-corrected chi connectivity index (χ4v) is 3.34. The van der Waals surface area contributed by atoms with Crippen LogP contribution in [0.3, 0.4) is 0 Å². The predicted octanol–water partition coefficient (Wildman–Crippen LogP) is 3.90. The molecule has 1 aliphatic rings. The number of benzene rings is 2. The highest BCUT2D eigenvalue weighted by Crippen LogP contribution is 2.35. The summed E-state index contributed by atoms with van der Waals surface area (Å²) in [7, 11) is 0. The van der Waals surface area contributed by atoms with Crippen molar-refractivity contribution >= 4 is 11.6 Å². The number of allylic oxidation sites excluding steroid dienone is 1. The molecule has 0 amide bonds. The molecule has 2 heterocycles. The average Bonchev–Trinajstić information content (AvgIpc) is 3.34. The van der Waals surface area contributed by atoms with Gasteiger partial charge >= 0.3 is 6.01 Å². The Balaban J connectivity index is 1.55. The quantitative estimate of drug-likeness (QED) is 0.587. The maximum absolute atomic E-state index is 13.6. The van der Waals surface area contributed by atoms with Crippen LogP contribution in [0, 0.1) is 5.82 Å². The summed E-state index contributed by atoms with van der Waals surface area (Å²) in [5, 5.41) is 7.66. The zero-order chi connectivity index (χ0) is 19.1. The lowest BCUT2D eigenvalue weighted by atomic mass is 10.0. The number of hydrogen-bond donors (Lipinski definition) is 1. The molecule has 4 aromatic rings. The number of fused-ring (bicyclic) bond motifs is 1. The van der Waals surface area contributed by atoms with Gasteiger partial charge in [0, 0.05) is 16.7 Å². The minimum absolute atomic E-state index is 0.0277. The van der Waals surface area contributed by atoms with Crippen LogP contribution in [0.1, 0.15) is 16.8 Å². The second-order valence-corrected chi connectivity index (χ2v) is 6.44. The van der Waals surface area contributed by atoms with Crippen LogP contribution in [0.5, 0.6) is 0 Å². The molecule has 2 aromatic heterocycles. The molecular weight excluding hydrogens is 357 g/mol. The fourth-order valence-electron chi connectivity index (χ4n) is 3.34. The van der Waals surface area contributed by atoms with Crippen LogP contribution >= 0.6 is 0 Å². The Morgan fingerprint density at radius 3 is 2.68 bits per heavy atom. The summed E-state index contributed by atoms with van der Waals surface area (Å²) in [6, 6.07) is 12.3. The topological polar surface area (TPSA) is 90.7 Å². The largest absolute Gasteiger partial charge is 0.404 e. The number of hydrogen-bond acceptors (Lipinski definition) is 6. The minimum atomic E-state index is -0.307. The summed E-state index contributed by atoms with van der Waals surface area (Å²) in [4.78, 5) is 9.01. The number of halogens is 1. The molecule has 0 saturated heterocycles. The summed E-state index contributed by atoms with van der Waals surface area (Å²) < 4.78 is 18.9. The molecule has 0 bridgehead atoms. The molecule has 28 heavy (non-hydrogen) atoms. The fraction of sp³-hybridized carbons (Fsp3) is 0.0476. The smallest absolute Gasteiger partial charge is 0.313 e. The first-order valence-corrected chi connectivity index (χ1v) is 8.68. The van der Waals surface area contributed by atoms with Crippen LogP contribution in [-0.4, -0.2) is 20.2 Å². The van der Waals surface area contributed by atoms with E-state index in [1.54, 1.807) is 18.5 Å². The van der Waals surface area contributed by atoms with Crippen LogP contribution in [0.2, 0.25) is 0 Å². The van der Waals surface area contributed by atoms with Gasteiger partial charge in [-0.2, -0.15) is 0 Å². The van der Waals surface area contributed by atoms with Crippen molar-refractivity contribution in [2.75, 3.05) is 5.73 Å². The van der Waals surface area contributed by atoms with Crippen LogP contribution in [0.4, 0.5) is 10.4 Å². The van der Waals surface area contributed by atoms with Crippen molar-refractivity contribution in [1.29, 1.82) is 0 Å². The second-order valence-electron chi connectivity index (χ2n) is 6.44. The molecule has 6 nitrogen and oxygen atoms in total. The SMILES string of the molecule is Nc1nnc(-c2ccc3c(c2)C(c2cncc(-c4cccc(F)c4)n2)=CC3)o1. The molecule has 136 valence electrons. The third-order valence-corrected chi connectivity index (χ3v) is 4.64. The van der Waals surface area contributed by atoms with E-state index >= 15 is 0 Å². The van der Waals surface area contributed by atoms with Gasteiger partial charge in [-0.25, -0.2) is 9.37 Å². The Kier molecular flexibility index (Phi) is 3.72. The van der Waals surface area contributed by atoms with Crippen molar-refractivity contribution in [2.24, 2.45) is 0 Å². The molecule has 5 rings (SSSR count). The van der Waals surface area contributed by atoms with E-state index < -0.39 is 0 Å². The molecule has 0 unspecified atom stereocenters. The molecule has 0 saturated carbocycles. The summed E-state index contributed by atoms with van der Waals surface area (Å²) in [5.41, 5.74) is 11.5. The summed E-state index contributed by atoms with van der Waals surface area (Å²) in [6.45, 7) is 0. The molecule has 7 heteroatoms. The van der Waals surface area contributed by atoms with E-state index in [0.29, 0.717) is 17.1 Å². The second kappa shape index (κ2) is 6.38. The minimum Gasteiger partial charge on any atom is -0.404 e. The van der Waals surface area contributed by atoms with Crippen LogP contribution in [-0.2, 0) is 6.42 Å². The van der Waals surface area contributed by atoms with Crippen molar-refractivity contribution in [3.8, 4) is 22.7 Å². The molecule has 0 radical (unpaired) electrons. The van der Waals surface area contributed by atoms with Gasteiger partial charge in [0.15, 0.2) is 0 Å². The molecule has 0 atom stereocenters. The van der Waals surface area contributed by atoms with Gasteiger partial charge in [-0.3, -0.25) is 4.98 Å². The number of nitrogens with two attached hydrogens (primary N) is 1. The van der Waals surface area contributed by atoms with Crippen molar-refractivity contribution < 1.29 is 8.81 Å². The van der Waals surface area contributed by atoms with Gasteiger partial charge in [0.1, 0.15) is 5.82 Å². The lowest BCUT2D eigenvalue weighted by Gasteiger charge is -2.08. The standard InChI is InChI=1S/C21H14FN5O/c22-15-3-1-2-13(8-15)18-10-24-11-19(25-18)16-7-6-12-4-5-14(9-17(12)16)20-26-27-21(23)28-20/h1-5,7-11H,6H2,(H2,23,27).